The molecular weight excluding hydrogens is 314 g/mol. The molecule has 2 aliphatic rings. The highest BCUT2D eigenvalue weighted by Crippen LogP contribution is 2.27. The third kappa shape index (κ3) is 2.77. The highest BCUT2D eigenvalue weighted by Gasteiger charge is 2.33. The van der Waals surface area contributed by atoms with E-state index in [0.29, 0.717) is 26.1 Å². The van der Waals surface area contributed by atoms with Crippen LogP contribution >= 0.6 is 11.3 Å². The molecule has 2 unspecified atom stereocenters. The predicted octanol–water partition coefficient (Wildman–Crippen LogP) is 0.0627. The van der Waals surface area contributed by atoms with Crippen molar-refractivity contribution >= 4 is 33.3 Å². The fourth-order valence-corrected chi connectivity index (χ4v) is 4.02. The zero-order valence-corrected chi connectivity index (χ0v) is 13.5. The van der Waals surface area contributed by atoms with Crippen molar-refractivity contribution in [2.24, 2.45) is 0 Å². The molecule has 2 aliphatic heterocycles. The molecule has 4 heterocycles. The summed E-state index contributed by atoms with van der Waals surface area (Å²) in [5, 5.41) is 15.8. The monoisotopic (exact) mass is 333 g/mol. The van der Waals surface area contributed by atoms with Crippen molar-refractivity contribution in [3.63, 3.8) is 0 Å². The van der Waals surface area contributed by atoms with Crippen LogP contribution in [0.25, 0.3) is 10.2 Å². The van der Waals surface area contributed by atoms with Gasteiger partial charge in [-0.15, -0.1) is 11.3 Å². The van der Waals surface area contributed by atoms with Crippen molar-refractivity contribution in [3.05, 3.63) is 17.8 Å². The molecule has 1 amide bonds. The van der Waals surface area contributed by atoms with Crippen LogP contribution in [-0.2, 0) is 4.79 Å². The van der Waals surface area contributed by atoms with E-state index in [-0.39, 0.29) is 11.9 Å². The van der Waals surface area contributed by atoms with Crippen LogP contribution in [0.4, 0.5) is 5.82 Å². The number of rotatable bonds is 2. The Hall–Kier alpha value is -1.77. The summed E-state index contributed by atoms with van der Waals surface area (Å²) in [5.74, 6) is 1.06. The van der Waals surface area contributed by atoms with Crippen LogP contribution in [0.3, 0.4) is 0 Å². The van der Waals surface area contributed by atoms with Gasteiger partial charge in [0.05, 0.1) is 17.5 Å². The van der Waals surface area contributed by atoms with Gasteiger partial charge < -0.3 is 20.2 Å². The first-order valence-electron chi connectivity index (χ1n) is 7.86. The lowest BCUT2D eigenvalue weighted by Gasteiger charge is -2.36. The number of hydrogen-bond acceptors (Lipinski definition) is 7. The summed E-state index contributed by atoms with van der Waals surface area (Å²) in [6.45, 7) is 3.41. The van der Waals surface area contributed by atoms with E-state index in [4.69, 9.17) is 0 Å². The van der Waals surface area contributed by atoms with Crippen LogP contribution in [-0.4, -0.2) is 70.8 Å². The quantitative estimate of drug-likeness (QED) is 0.809. The van der Waals surface area contributed by atoms with Crippen LogP contribution in [0.1, 0.15) is 6.42 Å². The Kier molecular flexibility index (Phi) is 3.88. The molecule has 0 saturated carbocycles. The number of β-amino-alcohol motifs (C(OH)–C–C–N with tert-alkyl or cyclic N) is 1. The van der Waals surface area contributed by atoms with E-state index in [2.05, 4.69) is 26.3 Å². The van der Waals surface area contributed by atoms with Crippen molar-refractivity contribution in [1.29, 1.82) is 0 Å². The lowest BCUT2D eigenvalue weighted by Crippen LogP contribution is -2.53. The van der Waals surface area contributed by atoms with E-state index in [1.165, 1.54) is 0 Å². The maximum absolute atomic E-state index is 12.5. The molecule has 0 aromatic carbocycles. The summed E-state index contributed by atoms with van der Waals surface area (Å²) >= 11 is 1.61. The van der Waals surface area contributed by atoms with E-state index >= 15 is 0 Å². The number of aromatic nitrogens is 2. The smallest absolute Gasteiger partial charge is 0.239 e. The van der Waals surface area contributed by atoms with Gasteiger partial charge in [-0.3, -0.25) is 4.79 Å². The molecule has 0 spiro atoms. The van der Waals surface area contributed by atoms with Gasteiger partial charge in [0.2, 0.25) is 5.91 Å². The molecular formula is C15H19N5O2S. The molecule has 0 aliphatic carbocycles. The summed E-state index contributed by atoms with van der Waals surface area (Å²) in [4.78, 5) is 26.3. The summed E-state index contributed by atoms with van der Waals surface area (Å²) in [6, 6.07) is 1.82. The average Bonchev–Trinajstić information content (AvgIpc) is 3.22. The van der Waals surface area contributed by atoms with Gasteiger partial charge in [-0.05, 0) is 17.9 Å². The Morgan fingerprint density at radius 1 is 1.30 bits per heavy atom. The lowest BCUT2D eigenvalue weighted by atomic mass is 10.1. The van der Waals surface area contributed by atoms with Crippen LogP contribution in [0.5, 0.6) is 0 Å². The van der Waals surface area contributed by atoms with Crippen molar-refractivity contribution in [2.75, 3.05) is 37.6 Å². The number of aliphatic hydroxyl groups is 1. The molecule has 8 heteroatoms. The SMILES string of the molecule is O=C(C1CC(O)CN1)N1CCN(c2ncnc3sccc23)CC1. The van der Waals surface area contributed by atoms with Gasteiger partial charge in [0.15, 0.2) is 0 Å². The summed E-state index contributed by atoms with van der Waals surface area (Å²) in [7, 11) is 0. The topological polar surface area (TPSA) is 81.6 Å². The number of amides is 1. The Balaban J connectivity index is 1.43. The van der Waals surface area contributed by atoms with Crippen molar-refractivity contribution in [3.8, 4) is 0 Å². The largest absolute Gasteiger partial charge is 0.392 e. The first kappa shape index (κ1) is 14.8. The van der Waals surface area contributed by atoms with Gasteiger partial charge >= 0.3 is 0 Å². The fraction of sp³-hybridized carbons (Fsp3) is 0.533. The number of aliphatic hydroxyl groups excluding tert-OH is 1. The third-order valence-electron chi connectivity index (χ3n) is 4.54. The van der Waals surface area contributed by atoms with E-state index in [9.17, 15) is 9.90 Å². The Bertz CT molecular complexity index is 713. The minimum absolute atomic E-state index is 0.101. The van der Waals surface area contributed by atoms with Gasteiger partial charge in [-0.2, -0.15) is 0 Å². The average molecular weight is 333 g/mol. The minimum Gasteiger partial charge on any atom is -0.392 e. The second-order valence-electron chi connectivity index (χ2n) is 6.00. The number of fused-ring (bicyclic) bond motifs is 1. The Labute approximate surface area is 137 Å². The van der Waals surface area contributed by atoms with Crippen LogP contribution < -0.4 is 10.2 Å². The second kappa shape index (κ2) is 6.03. The number of carbonyl (C=O) groups excluding carboxylic acids is 1. The second-order valence-corrected chi connectivity index (χ2v) is 6.89. The molecule has 0 bridgehead atoms. The van der Waals surface area contributed by atoms with E-state index < -0.39 is 6.10 Å². The highest BCUT2D eigenvalue weighted by atomic mass is 32.1. The van der Waals surface area contributed by atoms with Crippen molar-refractivity contribution in [1.82, 2.24) is 20.2 Å². The zero-order valence-electron chi connectivity index (χ0n) is 12.7. The molecule has 23 heavy (non-hydrogen) atoms. The molecule has 2 saturated heterocycles. The molecule has 4 rings (SSSR count). The third-order valence-corrected chi connectivity index (χ3v) is 5.36. The van der Waals surface area contributed by atoms with Gasteiger partial charge in [-0.1, -0.05) is 0 Å². The summed E-state index contributed by atoms with van der Waals surface area (Å²) in [6.07, 6.45) is 1.72. The maximum Gasteiger partial charge on any atom is 0.239 e. The van der Waals surface area contributed by atoms with E-state index in [1.54, 1.807) is 17.7 Å². The van der Waals surface area contributed by atoms with E-state index in [0.717, 1.165) is 29.1 Å². The number of anilines is 1. The molecule has 2 fully saturated rings. The molecule has 2 aromatic rings. The standard InChI is InChI=1S/C15H19N5O2S/c21-10-7-12(16-8-10)15(22)20-4-2-19(3-5-20)13-11-1-6-23-14(11)18-9-17-13/h1,6,9-10,12,16,21H,2-5,7-8H2. The zero-order chi connectivity index (χ0) is 15.8. The molecule has 122 valence electrons. The van der Waals surface area contributed by atoms with Crippen molar-refractivity contribution in [2.45, 2.75) is 18.6 Å². The number of thiophene rings is 1. The first-order valence-corrected chi connectivity index (χ1v) is 8.74. The van der Waals surface area contributed by atoms with Crippen molar-refractivity contribution < 1.29 is 9.90 Å². The van der Waals surface area contributed by atoms with E-state index in [1.807, 2.05) is 10.3 Å². The first-order chi connectivity index (χ1) is 11.2. The Morgan fingerprint density at radius 2 is 2.13 bits per heavy atom. The molecule has 0 radical (unpaired) electrons. The van der Waals surface area contributed by atoms with Gasteiger partial charge in [0.25, 0.3) is 0 Å². The number of hydrogen-bond donors (Lipinski definition) is 2. The fourth-order valence-electron chi connectivity index (χ4n) is 3.29. The lowest BCUT2D eigenvalue weighted by molar-refractivity contribution is -0.133. The van der Waals surface area contributed by atoms with Gasteiger partial charge in [0, 0.05) is 32.7 Å². The summed E-state index contributed by atoms with van der Waals surface area (Å²) < 4.78 is 0. The van der Waals surface area contributed by atoms with Crippen LogP contribution in [0.15, 0.2) is 17.8 Å². The molecule has 7 nitrogen and oxygen atoms in total. The van der Waals surface area contributed by atoms with Gasteiger partial charge in [0.1, 0.15) is 17.0 Å². The molecule has 2 aromatic heterocycles. The number of piperazine rings is 1. The maximum atomic E-state index is 12.5. The minimum atomic E-state index is -0.405. The predicted molar refractivity (Wildman–Crippen MR) is 88.6 cm³/mol. The van der Waals surface area contributed by atoms with Crippen LogP contribution in [0, 0.1) is 0 Å². The molecule has 2 N–H and O–H groups in total. The van der Waals surface area contributed by atoms with Gasteiger partial charge in [-0.25, -0.2) is 9.97 Å². The highest BCUT2D eigenvalue weighted by molar-refractivity contribution is 7.16. The Morgan fingerprint density at radius 3 is 2.87 bits per heavy atom. The number of nitrogens with zero attached hydrogens (tertiary/aromatic N) is 4. The van der Waals surface area contributed by atoms with Crippen LogP contribution in [0.2, 0.25) is 0 Å². The molecule has 2 atom stereocenters. The number of carbonyl (C=O) groups is 1. The number of nitrogens with one attached hydrogen (secondary N) is 1. The summed E-state index contributed by atoms with van der Waals surface area (Å²) in [5.41, 5.74) is 0. The normalized spacial score (nSPS) is 25.3.